The molecule has 0 aromatic heterocycles. The van der Waals surface area contributed by atoms with E-state index in [-0.39, 0.29) is 11.4 Å². The maximum absolute atomic E-state index is 11.7. The van der Waals surface area contributed by atoms with Gasteiger partial charge in [0.05, 0.1) is 0 Å². The summed E-state index contributed by atoms with van der Waals surface area (Å²) in [6, 6.07) is 0.553. The minimum atomic E-state index is 0.102. The first-order valence-electron chi connectivity index (χ1n) is 5.38. The number of hydrogen-bond donors (Lipinski definition) is 2. The van der Waals surface area contributed by atoms with Crippen LogP contribution in [0.25, 0.3) is 0 Å². The highest BCUT2D eigenvalue weighted by atomic mass is 16.2. The molecule has 4 heteroatoms. The summed E-state index contributed by atoms with van der Waals surface area (Å²) in [7, 11) is 0. The van der Waals surface area contributed by atoms with Crippen LogP contribution in [0.2, 0.25) is 0 Å². The lowest BCUT2D eigenvalue weighted by atomic mass is 9.90. The number of amides is 2. The van der Waals surface area contributed by atoms with Crippen LogP contribution in [-0.2, 0) is 0 Å². The van der Waals surface area contributed by atoms with Crippen molar-refractivity contribution < 1.29 is 4.79 Å². The van der Waals surface area contributed by atoms with Crippen LogP contribution in [0.3, 0.4) is 0 Å². The van der Waals surface area contributed by atoms with Crippen molar-refractivity contribution in [1.82, 2.24) is 10.2 Å². The molecule has 0 aromatic carbocycles. The second kappa shape index (κ2) is 3.42. The molecule has 1 heterocycles. The van der Waals surface area contributed by atoms with Crippen LogP contribution >= 0.6 is 0 Å². The molecule has 0 aromatic rings. The van der Waals surface area contributed by atoms with E-state index in [0.29, 0.717) is 12.6 Å². The fourth-order valence-electron chi connectivity index (χ4n) is 1.86. The van der Waals surface area contributed by atoms with Gasteiger partial charge in [0.1, 0.15) is 0 Å². The lowest BCUT2D eigenvalue weighted by molar-refractivity contribution is 0.202. The molecule has 2 rings (SSSR count). The van der Waals surface area contributed by atoms with Gasteiger partial charge in [-0.2, -0.15) is 0 Å². The summed E-state index contributed by atoms with van der Waals surface area (Å²) >= 11 is 0. The lowest BCUT2D eigenvalue weighted by Gasteiger charge is -2.22. The number of carbonyl (C=O) groups excluding carboxylic acids is 1. The van der Waals surface area contributed by atoms with Crippen LogP contribution < -0.4 is 11.1 Å². The first kappa shape index (κ1) is 9.77. The maximum Gasteiger partial charge on any atom is 0.317 e. The highest BCUT2D eigenvalue weighted by Gasteiger charge is 2.36. The summed E-state index contributed by atoms with van der Waals surface area (Å²) in [6.07, 6.45) is 3.32. The average Bonchev–Trinajstić information content (AvgIpc) is 2.88. The van der Waals surface area contributed by atoms with Crippen LogP contribution in [0.4, 0.5) is 4.79 Å². The normalized spacial score (nSPS) is 32.0. The minimum absolute atomic E-state index is 0.102. The Morgan fingerprint density at radius 3 is 2.86 bits per heavy atom. The standard InChI is InChI=1S/C10H19N3O/c1-10(6-11)4-5-13(7-10)9(14)12-8-2-3-8/h8H,2-7,11H2,1H3,(H,12,14). The van der Waals surface area contributed by atoms with E-state index in [4.69, 9.17) is 5.73 Å². The Labute approximate surface area is 84.8 Å². The second-order valence-electron chi connectivity index (χ2n) is 4.91. The van der Waals surface area contributed by atoms with E-state index in [0.717, 1.165) is 32.4 Å². The Balaban J connectivity index is 1.84. The number of rotatable bonds is 2. The zero-order chi connectivity index (χ0) is 10.2. The third-order valence-corrected chi connectivity index (χ3v) is 3.24. The van der Waals surface area contributed by atoms with Gasteiger partial charge in [0.15, 0.2) is 0 Å². The summed E-state index contributed by atoms with van der Waals surface area (Å²) in [6.45, 7) is 4.48. The summed E-state index contributed by atoms with van der Waals surface area (Å²) in [4.78, 5) is 13.6. The van der Waals surface area contributed by atoms with Gasteiger partial charge in [-0.15, -0.1) is 0 Å². The Morgan fingerprint density at radius 2 is 2.36 bits per heavy atom. The molecule has 2 aliphatic rings. The minimum Gasteiger partial charge on any atom is -0.335 e. The Hall–Kier alpha value is -0.770. The molecule has 1 atom stereocenters. The number of hydrogen-bond acceptors (Lipinski definition) is 2. The summed E-state index contributed by atoms with van der Waals surface area (Å²) < 4.78 is 0. The molecule has 1 unspecified atom stereocenters. The Kier molecular flexibility index (Phi) is 2.39. The molecule has 1 aliphatic carbocycles. The van der Waals surface area contributed by atoms with E-state index in [1.807, 2.05) is 4.90 Å². The van der Waals surface area contributed by atoms with Crippen molar-refractivity contribution in [3.8, 4) is 0 Å². The zero-order valence-corrected chi connectivity index (χ0v) is 8.75. The van der Waals surface area contributed by atoms with Gasteiger partial charge in [0.2, 0.25) is 0 Å². The van der Waals surface area contributed by atoms with Gasteiger partial charge in [-0.1, -0.05) is 6.92 Å². The lowest BCUT2D eigenvalue weighted by Crippen LogP contribution is -2.41. The maximum atomic E-state index is 11.7. The first-order chi connectivity index (χ1) is 6.63. The predicted octanol–water partition coefficient (Wildman–Crippen LogP) is 0.529. The largest absolute Gasteiger partial charge is 0.335 e. The molecule has 80 valence electrons. The van der Waals surface area contributed by atoms with Crippen LogP contribution in [0.5, 0.6) is 0 Å². The number of nitrogens with one attached hydrogen (secondary N) is 1. The van der Waals surface area contributed by atoms with Crippen molar-refractivity contribution in [3.05, 3.63) is 0 Å². The molecule has 2 fully saturated rings. The van der Waals surface area contributed by atoms with Crippen molar-refractivity contribution >= 4 is 6.03 Å². The summed E-state index contributed by atoms with van der Waals surface area (Å²) in [5.74, 6) is 0. The third-order valence-electron chi connectivity index (χ3n) is 3.24. The average molecular weight is 197 g/mol. The van der Waals surface area contributed by atoms with E-state index in [2.05, 4.69) is 12.2 Å². The molecule has 2 amide bonds. The molecule has 14 heavy (non-hydrogen) atoms. The van der Waals surface area contributed by atoms with Gasteiger partial charge >= 0.3 is 6.03 Å². The summed E-state index contributed by atoms with van der Waals surface area (Å²) in [5.41, 5.74) is 5.83. The molecule has 4 nitrogen and oxygen atoms in total. The van der Waals surface area contributed by atoms with Crippen LogP contribution in [0, 0.1) is 5.41 Å². The third kappa shape index (κ3) is 2.00. The van der Waals surface area contributed by atoms with Crippen molar-refractivity contribution in [1.29, 1.82) is 0 Å². The van der Waals surface area contributed by atoms with Crippen LogP contribution in [0.1, 0.15) is 26.2 Å². The monoisotopic (exact) mass is 197 g/mol. The molecular weight excluding hydrogens is 178 g/mol. The first-order valence-corrected chi connectivity index (χ1v) is 5.38. The van der Waals surface area contributed by atoms with Gasteiger partial charge < -0.3 is 16.0 Å². The number of urea groups is 1. The Bertz CT molecular complexity index is 240. The molecule has 0 bridgehead atoms. The zero-order valence-electron chi connectivity index (χ0n) is 8.75. The SMILES string of the molecule is CC1(CN)CCN(C(=O)NC2CC2)C1. The quantitative estimate of drug-likeness (QED) is 0.678. The van der Waals surface area contributed by atoms with E-state index in [9.17, 15) is 4.79 Å². The molecule has 0 radical (unpaired) electrons. The van der Waals surface area contributed by atoms with Gasteiger partial charge in [-0.3, -0.25) is 0 Å². The topological polar surface area (TPSA) is 58.4 Å². The molecule has 1 saturated carbocycles. The van der Waals surface area contributed by atoms with Crippen molar-refractivity contribution in [2.75, 3.05) is 19.6 Å². The van der Waals surface area contributed by atoms with Crippen molar-refractivity contribution in [3.63, 3.8) is 0 Å². The Morgan fingerprint density at radius 1 is 1.64 bits per heavy atom. The summed E-state index contributed by atoms with van der Waals surface area (Å²) in [5, 5.41) is 3.00. The predicted molar refractivity (Wildman–Crippen MR) is 54.9 cm³/mol. The highest BCUT2D eigenvalue weighted by Crippen LogP contribution is 2.29. The van der Waals surface area contributed by atoms with Crippen molar-refractivity contribution in [2.45, 2.75) is 32.2 Å². The fraction of sp³-hybridized carbons (Fsp3) is 0.900. The van der Waals surface area contributed by atoms with Crippen LogP contribution in [-0.4, -0.2) is 36.6 Å². The van der Waals surface area contributed by atoms with E-state index >= 15 is 0 Å². The smallest absolute Gasteiger partial charge is 0.317 e. The van der Waals surface area contributed by atoms with Gasteiger partial charge in [0, 0.05) is 19.1 Å². The van der Waals surface area contributed by atoms with Crippen molar-refractivity contribution in [2.24, 2.45) is 11.1 Å². The highest BCUT2D eigenvalue weighted by molar-refractivity contribution is 5.75. The second-order valence-corrected chi connectivity index (χ2v) is 4.91. The van der Waals surface area contributed by atoms with Gasteiger partial charge in [0.25, 0.3) is 0 Å². The molecule has 1 saturated heterocycles. The number of carbonyl (C=O) groups is 1. The number of likely N-dealkylation sites (tertiary alicyclic amines) is 1. The van der Waals surface area contributed by atoms with E-state index in [1.165, 1.54) is 0 Å². The number of nitrogens with two attached hydrogens (primary N) is 1. The van der Waals surface area contributed by atoms with E-state index < -0.39 is 0 Å². The van der Waals surface area contributed by atoms with E-state index in [1.54, 1.807) is 0 Å². The van der Waals surface area contributed by atoms with Gasteiger partial charge in [-0.05, 0) is 31.2 Å². The molecule has 0 spiro atoms. The molecule has 1 aliphatic heterocycles. The number of nitrogens with zero attached hydrogens (tertiary/aromatic N) is 1. The fourth-order valence-corrected chi connectivity index (χ4v) is 1.86. The molecular formula is C10H19N3O. The van der Waals surface area contributed by atoms with Gasteiger partial charge in [-0.25, -0.2) is 4.79 Å². The van der Waals surface area contributed by atoms with Crippen LogP contribution in [0.15, 0.2) is 0 Å². The molecule has 3 N–H and O–H groups in total.